The van der Waals surface area contributed by atoms with Gasteiger partial charge in [0.05, 0.1) is 6.61 Å². The van der Waals surface area contributed by atoms with Crippen LogP contribution in [0.15, 0.2) is 30.3 Å². The lowest BCUT2D eigenvalue weighted by Gasteiger charge is -2.09. The molecule has 24 heavy (non-hydrogen) atoms. The standard InChI is InChI=1S/C17H19ClN2O3S/c1-3-23-16(21)14-13(12-7-5-4-6-8-12)11(2)24-15(14)20-17(22)19-10-9-18/h4-8H,3,9-10H2,1-2H3,(H2,19,20,22). The molecule has 0 unspecified atom stereocenters. The summed E-state index contributed by atoms with van der Waals surface area (Å²) in [6, 6.07) is 9.17. The Kier molecular flexibility index (Phi) is 6.63. The molecule has 0 atom stereocenters. The molecule has 0 aliphatic carbocycles. The third-order valence-corrected chi connectivity index (χ3v) is 4.44. The van der Waals surface area contributed by atoms with Gasteiger partial charge in [0.1, 0.15) is 10.6 Å². The quantitative estimate of drug-likeness (QED) is 0.593. The van der Waals surface area contributed by atoms with Gasteiger partial charge >= 0.3 is 12.0 Å². The minimum absolute atomic E-state index is 0.264. The Balaban J connectivity index is 2.44. The van der Waals surface area contributed by atoms with Crippen LogP contribution in [0, 0.1) is 6.92 Å². The number of halogens is 1. The number of nitrogens with one attached hydrogen (secondary N) is 2. The van der Waals surface area contributed by atoms with Crippen molar-refractivity contribution in [2.75, 3.05) is 24.3 Å². The van der Waals surface area contributed by atoms with Gasteiger partial charge in [0.25, 0.3) is 0 Å². The van der Waals surface area contributed by atoms with E-state index in [1.165, 1.54) is 11.3 Å². The molecule has 0 aliphatic heterocycles. The number of anilines is 1. The molecular formula is C17H19ClN2O3S. The zero-order chi connectivity index (χ0) is 17.5. The molecule has 2 aromatic rings. The van der Waals surface area contributed by atoms with Gasteiger partial charge in [-0.2, -0.15) is 0 Å². The van der Waals surface area contributed by atoms with Crippen LogP contribution in [0.25, 0.3) is 11.1 Å². The molecule has 0 spiro atoms. The molecule has 0 fully saturated rings. The molecule has 1 aromatic carbocycles. The average Bonchev–Trinajstić information content (AvgIpc) is 2.90. The van der Waals surface area contributed by atoms with Crippen molar-refractivity contribution in [1.29, 1.82) is 0 Å². The van der Waals surface area contributed by atoms with E-state index >= 15 is 0 Å². The highest BCUT2D eigenvalue weighted by molar-refractivity contribution is 7.17. The third kappa shape index (κ3) is 4.27. The summed E-state index contributed by atoms with van der Waals surface area (Å²) in [7, 11) is 0. The van der Waals surface area contributed by atoms with Crippen molar-refractivity contribution in [1.82, 2.24) is 5.32 Å². The number of ether oxygens (including phenoxy) is 1. The highest BCUT2D eigenvalue weighted by atomic mass is 35.5. The molecule has 0 radical (unpaired) electrons. The van der Waals surface area contributed by atoms with Gasteiger partial charge in [-0.15, -0.1) is 22.9 Å². The van der Waals surface area contributed by atoms with Gasteiger partial charge in [0, 0.05) is 22.9 Å². The van der Waals surface area contributed by atoms with Gasteiger partial charge in [-0.3, -0.25) is 5.32 Å². The van der Waals surface area contributed by atoms with E-state index in [0.29, 0.717) is 23.0 Å². The maximum atomic E-state index is 12.5. The fourth-order valence-corrected chi connectivity index (χ4v) is 3.45. The minimum Gasteiger partial charge on any atom is -0.462 e. The number of hydrogen-bond donors (Lipinski definition) is 2. The fraction of sp³-hybridized carbons (Fsp3) is 0.294. The van der Waals surface area contributed by atoms with Crippen LogP contribution in [-0.4, -0.2) is 31.0 Å². The van der Waals surface area contributed by atoms with Gasteiger partial charge in [0.15, 0.2) is 0 Å². The third-order valence-electron chi connectivity index (χ3n) is 3.23. The molecule has 0 bridgehead atoms. The second-order valence-electron chi connectivity index (χ2n) is 4.89. The van der Waals surface area contributed by atoms with Crippen molar-refractivity contribution >= 4 is 39.9 Å². The summed E-state index contributed by atoms with van der Waals surface area (Å²) in [5, 5.41) is 5.81. The summed E-state index contributed by atoms with van der Waals surface area (Å²) >= 11 is 6.91. The molecule has 0 saturated carbocycles. The minimum atomic E-state index is -0.451. The van der Waals surface area contributed by atoms with E-state index in [4.69, 9.17) is 16.3 Å². The van der Waals surface area contributed by atoms with Gasteiger partial charge in [0.2, 0.25) is 0 Å². The number of aryl methyl sites for hydroxylation is 1. The SMILES string of the molecule is CCOC(=O)c1c(NC(=O)NCCCl)sc(C)c1-c1ccccc1. The van der Waals surface area contributed by atoms with Crippen molar-refractivity contribution in [2.24, 2.45) is 0 Å². The summed E-state index contributed by atoms with van der Waals surface area (Å²) in [5.74, 6) is -0.134. The van der Waals surface area contributed by atoms with E-state index in [1.807, 2.05) is 37.3 Å². The van der Waals surface area contributed by atoms with Crippen LogP contribution >= 0.6 is 22.9 Å². The number of carbonyl (C=O) groups excluding carboxylic acids is 2. The second kappa shape index (κ2) is 8.70. The number of thiophene rings is 1. The van der Waals surface area contributed by atoms with E-state index in [1.54, 1.807) is 6.92 Å². The van der Waals surface area contributed by atoms with Crippen LogP contribution in [0.3, 0.4) is 0 Å². The van der Waals surface area contributed by atoms with E-state index in [0.717, 1.165) is 16.0 Å². The lowest BCUT2D eigenvalue weighted by atomic mass is 10.0. The number of urea groups is 1. The number of carbonyl (C=O) groups is 2. The molecule has 2 amide bonds. The summed E-state index contributed by atoms with van der Waals surface area (Å²) < 4.78 is 5.18. The van der Waals surface area contributed by atoms with Crippen LogP contribution in [0.2, 0.25) is 0 Å². The first-order valence-corrected chi connectivity index (χ1v) is 8.90. The predicted octanol–water partition coefficient (Wildman–Crippen LogP) is 4.26. The molecule has 5 nitrogen and oxygen atoms in total. The number of amides is 2. The van der Waals surface area contributed by atoms with Crippen LogP contribution in [0.4, 0.5) is 9.80 Å². The van der Waals surface area contributed by atoms with Crippen molar-refractivity contribution in [3.05, 3.63) is 40.8 Å². The zero-order valence-electron chi connectivity index (χ0n) is 13.5. The van der Waals surface area contributed by atoms with Gasteiger partial charge in [-0.05, 0) is 19.4 Å². The lowest BCUT2D eigenvalue weighted by Crippen LogP contribution is -2.30. The van der Waals surface area contributed by atoms with Crippen LogP contribution in [0.5, 0.6) is 0 Å². The van der Waals surface area contributed by atoms with Gasteiger partial charge in [-0.25, -0.2) is 9.59 Å². The largest absolute Gasteiger partial charge is 0.462 e. The normalized spacial score (nSPS) is 10.3. The van der Waals surface area contributed by atoms with Gasteiger partial charge in [-0.1, -0.05) is 30.3 Å². The van der Waals surface area contributed by atoms with Crippen LogP contribution in [0.1, 0.15) is 22.2 Å². The average molecular weight is 367 g/mol. The number of esters is 1. The van der Waals surface area contributed by atoms with E-state index in [-0.39, 0.29) is 6.61 Å². The summed E-state index contributed by atoms with van der Waals surface area (Å²) in [6.07, 6.45) is 0. The molecular weight excluding hydrogens is 348 g/mol. The Morgan fingerprint density at radius 1 is 1.25 bits per heavy atom. The predicted molar refractivity (Wildman–Crippen MR) is 98.2 cm³/mol. The Labute approximate surface area is 150 Å². The van der Waals surface area contributed by atoms with E-state index in [9.17, 15) is 9.59 Å². The maximum Gasteiger partial charge on any atom is 0.341 e. The Hall–Kier alpha value is -2.05. The highest BCUT2D eigenvalue weighted by Crippen LogP contribution is 2.40. The molecule has 1 aromatic heterocycles. The molecule has 2 rings (SSSR count). The Morgan fingerprint density at radius 2 is 1.96 bits per heavy atom. The van der Waals surface area contributed by atoms with Gasteiger partial charge < -0.3 is 10.1 Å². The molecule has 0 aliphatic rings. The first-order chi connectivity index (χ1) is 11.6. The Bertz CT molecular complexity index is 716. The molecule has 1 heterocycles. The lowest BCUT2D eigenvalue weighted by molar-refractivity contribution is 0.0529. The molecule has 2 N–H and O–H groups in total. The molecule has 128 valence electrons. The van der Waals surface area contributed by atoms with E-state index < -0.39 is 12.0 Å². The van der Waals surface area contributed by atoms with Crippen molar-refractivity contribution in [3.63, 3.8) is 0 Å². The number of benzene rings is 1. The van der Waals surface area contributed by atoms with Crippen LogP contribution in [-0.2, 0) is 4.74 Å². The summed E-state index contributed by atoms with van der Waals surface area (Å²) in [4.78, 5) is 25.3. The summed E-state index contributed by atoms with van der Waals surface area (Å²) in [5.41, 5.74) is 2.07. The van der Waals surface area contributed by atoms with Crippen molar-refractivity contribution < 1.29 is 14.3 Å². The molecule has 0 saturated heterocycles. The van der Waals surface area contributed by atoms with Crippen molar-refractivity contribution in [2.45, 2.75) is 13.8 Å². The maximum absolute atomic E-state index is 12.5. The highest BCUT2D eigenvalue weighted by Gasteiger charge is 2.25. The second-order valence-corrected chi connectivity index (χ2v) is 6.50. The van der Waals surface area contributed by atoms with Crippen molar-refractivity contribution in [3.8, 4) is 11.1 Å². The molecule has 7 heteroatoms. The number of hydrogen-bond acceptors (Lipinski definition) is 4. The topological polar surface area (TPSA) is 67.4 Å². The Morgan fingerprint density at radius 3 is 2.58 bits per heavy atom. The summed E-state index contributed by atoms with van der Waals surface area (Å²) in [6.45, 7) is 4.27. The monoisotopic (exact) mass is 366 g/mol. The zero-order valence-corrected chi connectivity index (χ0v) is 15.1. The smallest absolute Gasteiger partial charge is 0.341 e. The van der Waals surface area contributed by atoms with E-state index in [2.05, 4.69) is 10.6 Å². The fourth-order valence-electron chi connectivity index (χ4n) is 2.29. The first-order valence-electron chi connectivity index (χ1n) is 7.55. The number of rotatable bonds is 6. The number of alkyl halides is 1. The first kappa shape index (κ1) is 18.3. The van der Waals surface area contributed by atoms with Crippen LogP contribution < -0.4 is 10.6 Å².